The second-order valence-corrected chi connectivity index (χ2v) is 5.72. The normalized spacial score (nSPS) is 26.3. The predicted octanol–water partition coefficient (Wildman–Crippen LogP) is 3.58. The summed E-state index contributed by atoms with van der Waals surface area (Å²) < 4.78 is 0. The van der Waals surface area contributed by atoms with Gasteiger partial charge in [-0.3, -0.25) is 0 Å². The minimum absolute atomic E-state index is 0.146. The van der Waals surface area contributed by atoms with Gasteiger partial charge in [-0.1, -0.05) is 32.9 Å². The van der Waals surface area contributed by atoms with Crippen LogP contribution in [0.4, 0.5) is 5.69 Å². The van der Waals surface area contributed by atoms with E-state index in [4.69, 9.17) is 0 Å². The largest absolute Gasteiger partial charge is 0.506 e. The Morgan fingerprint density at radius 1 is 1.33 bits per heavy atom. The van der Waals surface area contributed by atoms with Gasteiger partial charge in [-0.2, -0.15) is 0 Å². The second kappa shape index (κ2) is 3.56. The van der Waals surface area contributed by atoms with Crippen molar-refractivity contribution < 1.29 is 5.11 Å². The summed E-state index contributed by atoms with van der Waals surface area (Å²) >= 11 is 1.78. The highest BCUT2D eigenvalue weighted by Crippen LogP contribution is 2.49. The summed E-state index contributed by atoms with van der Waals surface area (Å²) in [5.74, 6) is 0.251. The molecule has 0 aromatic heterocycles. The molecule has 1 N–H and O–H groups in total. The monoisotopic (exact) mass is 221 g/mol. The number of aromatic hydroxyl groups is 1. The van der Waals surface area contributed by atoms with Gasteiger partial charge < -0.3 is 5.11 Å². The standard InChI is InChI=1S/C12H15NOS/c1-8-12(2,3)11(15-8)13-9-6-4-5-7-10(9)14/h4-8,14H,1-3H3. The summed E-state index contributed by atoms with van der Waals surface area (Å²) in [6, 6.07) is 7.20. The molecule has 1 atom stereocenters. The zero-order valence-electron chi connectivity index (χ0n) is 9.19. The van der Waals surface area contributed by atoms with Crippen LogP contribution < -0.4 is 0 Å². The maximum atomic E-state index is 9.60. The van der Waals surface area contributed by atoms with E-state index in [1.807, 2.05) is 12.1 Å². The van der Waals surface area contributed by atoms with E-state index in [-0.39, 0.29) is 11.2 Å². The summed E-state index contributed by atoms with van der Waals surface area (Å²) in [6.07, 6.45) is 0. The molecule has 0 radical (unpaired) electrons. The maximum Gasteiger partial charge on any atom is 0.141 e. The molecule has 0 saturated carbocycles. The van der Waals surface area contributed by atoms with Crippen LogP contribution in [0, 0.1) is 5.41 Å². The molecule has 1 aliphatic heterocycles. The average Bonchev–Trinajstić information content (AvgIpc) is 2.20. The lowest BCUT2D eigenvalue weighted by molar-refractivity contribution is 0.476. The molecule has 0 amide bonds. The molecule has 0 bridgehead atoms. The molecule has 3 heteroatoms. The van der Waals surface area contributed by atoms with Gasteiger partial charge in [0.1, 0.15) is 11.4 Å². The number of phenols is 1. The summed E-state index contributed by atoms with van der Waals surface area (Å²) in [5.41, 5.74) is 0.812. The highest BCUT2D eigenvalue weighted by atomic mass is 32.2. The van der Waals surface area contributed by atoms with Crippen LogP contribution in [-0.2, 0) is 0 Å². The van der Waals surface area contributed by atoms with Crippen LogP contribution in [0.25, 0.3) is 0 Å². The molecular formula is C12H15NOS. The van der Waals surface area contributed by atoms with Gasteiger partial charge in [-0.05, 0) is 12.1 Å². The van der Waals surface area contributed by atoms with E-state index in [0.29, 0.717) is 10.9 Å². The van der Waals surface area contributed by atoms with Crippen molar-refractivity contribution in [2.24, 2.45) is 10.4 Å². The number of aliphatic imine (C=N–C) groups is 1. The zero-order chi connectivity index (χ0) is 11.1. The van der Waals surface area contributed by atoms with Crippen molar-refractivity contribution in [2.75, 3.05) is 0 Å². The fourth-order valence-electron chi connectivity index (χ4n) is 1.42. The first-order valence-electron chi connectivity index (χ1n) is 5.05. The number of para-hydroxylation sites is 2. The highest BCUT2D eigenvalue weighted by molar-refractivity contribution is 8.16. The minimum atomic E-state index is 0.146. The van der Waals surface area contributed by atoms with Crippen LogP contribution in [0.15, 0.2) is 29.3 Å². The van der Waals surface area contributed by atoms with E-state index in [0.717, 1.165) is 5.04 Å². The van der Waals surface area contributed by atoms with Crippen molar-refractivity contribution in [3.05, 3.63) is 24.3 Å². The van der Waals surface area contributed by atoms with Crippen LogP contribution in [0.2, 0.25) is 0 Å². The molecule has 15 heavy (non-hydrogen) atoms. The molecule has 1 fully saturated rings. The van der Waals surface area contributed by atoms with Gasteiger partial charge in [0.25, 0.3) is 0 Å². The fourth-order valence-corrected chi connectivity index (χ4v) is 2.61. The quantitative estimate of drug-likeness (QED) is 0.786. The van der Waals surface area contributed by atoms with E-state index in [1.165, 1.54) is 0 Å². The first kappa shape index (κ1) is 10.6. The SMILES string of the molecule is CC1SC(=Nc2ccccc2O)C1(C)C. The molecule has 1 aliphatic rings. The molecule has 1 saturated heterocycles. The highest BCUT2D eigenvalue weighted by Gasteiger charge is 2.43. The predicted molar refractivity (Wildman–Crippen MR) is 66.0 cm³/mol. The summed E-state index contributed by atoms with van der Waals surface area (Å²) in [4.78, 5) is 4.50. The number of phenolic OH excluding ortho intramolecular Hbond substituents is 1. The van der Waals surface area contributed by atoms with Gasteiger partial charge in [0, 0.05) is 10.7 Å². The topological polar surface area (TPSA) is 32.6 Å². The van der Waals surface area contributed by atoms with Crippen molar-refractivity contribution in [1.29, 1.82) is 0 Å². The van der Waals surface area contributed by atoms with E-state index >= 15 is 0 Å². The van der Waals surface area contributed by atoms with Crippen LogP contribution >= 0.6 is 11.8 Å². The van der Waals surface area contributed by atoms with Gasteiger partial charge in [0.2, 0.25) is 0 Å². The molecule has 2 nitrogen and oxygen atoms in total. The molecule has 0 spiro atoms. The number of nitrogens with zero attached hydrogens (tertiary/aromatic N) is 1. The van der Waals surface area contributed by atoms with E-state index < -0.39 is 0 Å². The molecule has 0 aliphatic carbocycles. The van der Waals surface area contributed by atoms with Gasteiger partial charge in [0.05, 0.1) is 5.04 Å². The number of hydrogen-bond donors (Lipinski definition) is 1. The number of thioether (sulfide) groups is 1. The molecule has 1 aromatic carbocycles. The Labute approximate surface area is 94.4 Å². The average molecular weight is 221 g/mol. The molecule has 1 heterocycles. The Kier molecular flexibility index (Phi) is 2.51. The smallest absolute Gasteiger partial charge is 0.141 e. The number of hydrogen-bond acceptors (Lipinski definition) is 3. The minimum Gasteiger partial charge on any atom is -0.506 e. The van der Waals surface area contributed by atoms with Crippen molar-refractivity contribution in [1.82, 2.24) is 0 Å². The Balaban J connectivity index is 2.30. The van der Waals surface area contributed by atoms with Crippen molar-refractivity contribution in [3.63, 3.8) is 0 Å². The van der Waals surface area contributed by atoms with Crippen molar-refractivity contribution in [3.8, 4) is 5.75 Å². The lowest BCUT2D eigenvalue weighted by Gasteiger charge is -2.42. The van der Waals surface area contributed by atoms with Crippen LogP contribution in [0.5, 0.6) is 5.75 Å². The van der Waals surface area contributed by atoms with Crippen LogP contribution in [-0.4, -0.2) is 15.4 Å². The Morgan fingerprint density at radius 2 is 2.00 bits per heavy atom. The van der Waals surface area contributed by atoms with Crippen molar-refractivity contribution >= 4 is 22.5 Å². The van der Waals surface area contributed by atoms with E-state index in [2.05, 4.69) is 25.8 Å². The summed E-state index contributed by atoms with van der Waals surface area (Å²) in [5, 5.41) is 11.3. The van der Waals surface area contributed by atoms with Gasteiger partial charge in [0.15, 0.2) is 0 Å². The number of benzene rings is 1. The molecule has 1 unspecified atom stereocenters. The van der Waals surface area contributed by atoms with Gasteiger partial charge in [-0.15, -0.1) is 11.8 Å². The zero-order valence-corrected chi connectivity index (χ0v) is 10.0. The lowest BCUT2D eigenvalue weighted by atomic mass is 9.89. The Bertz CT molecular complexity index is 412. The van der Waals surface area contributed by atoms with E-state index in [9.17, 15) is 5.11 Å². The third kappa shape index (κ3) is 1.76. The summed E-state index contributed by atoms with van der Waals surface area (Å²) in [7, 11) is 0. The molecule has 1 aromatic rings. The molecule has 2 rings (SSSR count). The number of rotatable bonds is 1. The molecular weight excluding hydrogens is 206 g/mol. The first-order valence-corrected chi connectivity index (χ1v) is 5.93. The van der Waals surface area contributed by atoms with E-state index in [1.54, 1.807) is 23.9 Å². The first-order chi connectivity index (χ1) is 7.01. The van der Waals surface area contributed by atoms with Crippen LogP contribution in [0.3, 0.4) is 0 Å². The van der Waals surface area contributed by atoms with Crippen LogP contribution in [0.1, 0.15) is 20.8 Å². The van der Waals surface area contributed by atoms with Crippen molar-refractivity contribution in [2.45, 2.75) is 26.0 Å². The lowest BCUT2D eigenvalue weighted by Crippen LogP contribution is -2.42. The fraction of sp³-hybridized carbons (Fsp3) is 0.417. The Morgan fingerprint density at radius 3 is 2.53 bits per heavy atom. The van der Waals surface area contributed by atoms with Gasteiger partial charge in [-0.25, -0.2) is 4.99 Å². The summed E-state index contributed by atoms with van der Waals surface area (Å²) in [6.45, 7) is 6.58. The third-order valence-electron chi connectivity index (χ3n) is 2.96. The second-order valence-electron chi connectivity index (χ2n) is 4.39. The van der Waals surface area contributed by atoms with Gasteiger partial charge >= 0.3 is 0 Å². The molecule has 80 valence electrons. The third-order valence-corrected chi connectivity index (χ3v) is 4.74. The Hall–Kier alpha value is -0.960. The maximum absolute atomic E-state index is 9.60.